The van der Waals surface area contributed by atoms with Gasteiger partial charge in [-0.05, 0) is 29.9 Å². The van der Waals surface area contributed by atoms with Crippen LogP contribution in [-0.4, -0.2) is 42.3 Å². The number of para-hydroxylation sites is 1. The number of amides is 1. The Hall–Kier alpha value is -1.34. The molecule has 0 unspecified atom stereocenters. The number of nitrogens with zero attached hydrogens (tertiary/aromatic N) is 2. The van der Waals surface area contributed by atoms with Crippen molar-refractivity contribution >= 4 is 38.4 Å². The molecule has 2 aliphatic rings. The lowest BCUT2D eigenvalue weighted by atomic mass is 10.0. The molecule has 1 amide bonds. The van der Waals surface area contributed by atoms with Gasteiger partial charge in [-0.25, -0.2) is 8.42 Å². The van der Waals surface area contributed by atoms with Crippen LogP contribution in [0.25, 0.3) is 0 Å². The van der Waals surface area contributed by atoms with Crippen molar-refractivity contribution in [3.05, 3.63) is 29.3 Å². The van der Waals surface area contributed by atoms with E-state index in [0.29, 0.717) is 11.6 Å². The monoisotopic (exact) mass is 408 g/mol. The van der Waals surface area contributed by atoms with Crippen molar-refractivity contribution in [2.75, 3.05) is 16.4 Å². The summed E-state index contributed by atoms with van der Waals surface area (Å²) in [6.45, 7) is 8.21. The van der Waals surface area contributed by atoms with Gasteiger partial charge in [0.2, 0.25) is 5.91 Å². The van der Waals surface area contributed by atoms with Crippen molar-refractivity contribution in [3.8, 4) is 0 Å². The predicted molar refractivity (Wildman–Crippen MR) is 113 cm³/mol. The minimum Gasteiger partial charge on any atom is -0.315 e. The molecule has 7 heteroatoms. The average Bonchev–Trinajstić information content (AvgIpc) is 3.04. The number of carbonyl (C=O) groups is 1. The van der Waals surface area contributed by atoms with Gasteiger partial charge in [0.05, 0.1) is 17.5 Å². The molecule has 1 aromatic rings. The summed E-state index contributed by atoms with van der Waals surface area (Å²) in [5.74, 6) is 0.401. The number of hydrogen-bond donors (Lipinski definition) is 0. The van der Waals surface area contributed by atoms with Gasteiger partial charge < -0.3 is 4.90 Å². The first-order chi connectivity index (χ1) is 12.8. The third-order valence-electron chi connectivity index (χ3n) is 5.08. The van der Waals surface area contributed by atoms with Crippen molar-refractivity contribution in [1.29, 1.82) is 0 Å². The third-order valence-corrected chi connectivity index (χ3v) is 8.29. The number of fused-ring (bicyclic) bond motifs is 1. The molecule has 0 radical (unpaired) electrons. The third kappa shape index (κ3) is 4.24. The molecule has 0 N–H and O–H groups in total. The minimum atomic E-state index is -3.06. The highest BCUT2D eigenvalue weighted by molar-refractivity contribution is 8.16. The summed E-state index contributed by atoms with van der Waals surface area (Å²) >= 11 is 1.46. The number of aliphatic imine (C=N–C) groups is 1. The van der Waals surface area contributed by atoms with E-state index in [4.69, 9.17) is 0 Å². The van der Waals surface area contributed by atoms with E-state index >= 15 is 0 Å². The minimum absolute atomic E-state index is 0.0600. The van der Waals surface area contributed by atoms with Gasteiger partial charge in [0, 0.05) is 17.4 Å². The molecule has 148 valence electrons. The first-order valence-corrected chi connectivity index (χ1v) is 12.3. The lowest BCUT2D eigenvalue weighted by molar-refractivity contribution is -0.118. The molecule has 0 bridgehead atoms. The molecule has 2 atom stereocenters. The van der Waals surface area contributed by atoms with Crippen molar-refractivity contribution in [1.82, 2.24) is 0 Å². The fourth-order valence-corrected chi connectivity index (χ4v) is 7.77. The van der Waals surface area contributed by atoms with Crippen molar-refractivity contribution in [2.45, 2.75) is 58.2 Å². The lowest BCUT2D eigenvalue weighted by Crippen LogP contribution is -2.39. The Morgan fingerprint density at radius 3 is 2.41 bits per heavy atom. The Balaban J connectivity index is 2.09. The maximum atomic E-state index is 12.4. The molecule has 2 aliphatic heterocycles. The molecule has 1 aromatic carbocycles. The molecule has 0 aliphatic carbocycles. The molecule has 2 saturated heterocycles. The zero-order valence-electron chi connectivity index (χ0n) is 16.4. The normalized spacial score (nSPS) is 25.4. The summed E-state index contributed by atoms with van der Waals surface area (Å²) in [7, 11) is -3.06. The Kier molecular flexibility index (Phi) is 6.01. The van der Waals surface area contributed by atoms with Crippen molar-refractivity contribution in [2.24, 2.45) is 10.9 Å². The highest BCUT2D eigenvalue weighted by Gasteiger charge is 2.50. The van der Waals surface area contributed by atoms with Gasteiger partial charge in [0.1, 0.15) is 0 Å². The second kappa shape index (κ2) is 7.95. The molecule has 0 aromatic heterocycles. The maximum absolute atomic E-state index is 12.4. The summed E-state index contributed by atoms with van der Waals surface area (Å²) in [5, 5.41) is 0.608. The topological polar surface area (TPSA) is 66.8 Å². The van der Waals surface area contributed by atoms with Crippen molar-refractivity contribution in [3.63, 3.8) is 0 Å². The van der Waals surface area contributed by atoms with Crippen LogP contribution >= 0.6 is 11.8 Å². The smallest absolute Gasteiger partial charge is 0.248 e. The highest BCUT2D eigenvalue weighted by atomic mass is 32.2. The molecule has 0 saturated carbocycles. The van der Waals surface area contributed by atoms with Crippen molar-refractivity contribution < 1.29 is 13.2 Å². The number of aryl methyl sites for hydroxylation is 2. The van der Waals surface area contributed by atoms with Gasteiger partial charge in [-0.2, -0.15) is 4.99 Å². The SMILES string of the molecule is CCc1cccc(CC)c1N1C(=NC(=O)CC(C)C)S[C@@H]2CS(=O)(=O)C[C@@H]21. The second-order valence-electron chi connectivity index (χ2n) is 7.69. The molecule has 27 heavy (non-hydrogen) atoms. The lowest BCUT2D eigenvalue weighted by Gasteiger charge is -2.29. The number of amidine groups is 1. The maximum Gasteiger partial charge on any atom is 0.248 e. The number of benzene rings is 1. The van der Waals surface area contributed by atoms with Gasteiger partial charge in [-0.1, -0.05) is 57.7 Å². The van der Waals surface area contributed by atoms with E-state index in [2.05, 4.69) is 35.9 Å². The van der Waals surface area contributed by atoms with E-state index in [0.717, 1.165) is 18.5 Å². The first kappa shape index (κ1) is 20.4. The van der Waals surface area contributed by atoms with Gasteiger partial charge in [-0.15, -0.1) is 0 Å². The Labute approximate surface area is 166 Å². The molecule has 0 spiro atoms. The van der Waals surface area contributed by atoms with Crippen LogP contribution in [0.3, 0.4) is 0 Å². The number of sulfone groups is 1. The summed E-state index contributed by atoms with van der Waals surface area (Å²) in [5.41, 5.74) is 3.39. The van der Waals surface area contributed by atoms with E-state index in [9.17, 15) is 13.2 Å². The quantitative estimate of drug-likeness (QED) is 0.746. The zero-order valence-corrected chi connectivity index (χ0v) is 18.1. The van der Waals surface area contributed by atoms with E-state index < -0.39 is 9.84 Å². The van der Waals surface area contributed by atoms with Crippen LogP contribution in [0.2, 0.25) is 0 Å². The number of hydrogen-bond acceptors (Lipinski definition) is 4. The van der Waals surface area contributed by atoms with E-state index in [1.165, 1.54) is 22.9 Å². The Bertz CT molecular complexity index is 840. The van der Waals surface area contributed by atoms with Crippen LogP contribution in [0.5, 0.6) is 0 Å². The summed E-state index contributed by atoms with van der Waals surface area (Å²) < 4.78 is 24.5. The van der Waals surface area contributed by atoms with Crippen LogP contribution in [0.1, 0.15) is 45.2 Å². The fraction of sp³-hybridized carbons (Fsp3) is 0.600. The van der Waals surface area contributed by atoms with E-state index in [-0.39, 0.29) is 34.6 Å². The van der Waals surface area contributed by atoms with Crippen LogP contribution in [0.15, 0.2) is 23.2 Å². The summed E-state index contributed by atoms with van der Waals surface area (Å²) in [4.78, 5) is 18.9. The number of anilines is 1. The zero-order chi connectivity index (χ0) is 19.8. The Morgan fingerprint density at radius 2 is 1.85 bits per heavy atom. The molecule has 2 fully saturated rings. The molecular weight excluding hydrogens is 380 g/mol. The largest absolute Gasteiger partial charge is 0.315 e. The van der Waals surface area contributed by atoms with Gasteiger partial charge in [0.15, 0.2) is 15.0 Å². The van der Waals surface area contributed by atoms with Gasteiger partial charge in [-0.3, -0.25) is 4.79 Å². The average molecular weight is 409 g/mol. The molecular formula is C20H28N2O3S2. The van der Waals surface area contributed by atoms with Crippen LogP contribution < -0.4 is 4.90 Å². The predicted octanol–water partition coefficient (Wildman–Crippen LogP) is 3.46. The van der Waals surface area contributed by atoms with Crippen LogP contribution in [-0.2, 0) is 27.5 Å². The molecule has 5 nitrogen and oxygen atoms in total. The standard InChI is InChI=1S/C20H28N2O3S2/c1-5-14-8-7-9-15(6-2)19(14)22-16-11-27(24,25)12-17(16)26-20(22)21-18(23)10-13(3)4/h7-9,13,16-17H,5-6,10-12H2,1-4H3/t16-,17+/m0/s1. The fourth-order valence-electron chi connectivity index (χ4n) is 3.85. The molecule has 2 heterocycles. The van der Waals surface area contributed by atoms with Gasteiger partial charge >= 0.3 is 0 Å². The number of carbonyl (C=O) groups excluding carboxylic acids is 1. The van der Waals surface area contributed by atoms with Crippen LogP contribution in [0, 0.1) is 5.92 Å². The summed E-state index contributed by atoms with van der Waals surface area (Å²) in [6.07, 6.45) is 2.10. The first-order valence-electron chi connectivity index (χ1n) is 9.64. The Morgan fingerprint density at radius 1 is 1.22 bits per heavy atom. The van der Waals surface area contributed by atoms with Crippen LogP contribution in [0.4, 0.5) is 5.69 Å². The number of thioether (sulfide) groups is 1. The van der Waals surface area contributed by atoms with E-state index in [1.807, 2.05) is 19.9 Å². The summed E-state index contributed by atoms with van der Waals surface area (Å²) in [6, 6.07) is 6.07. The molecule has 3 rings (SSSR count). The second-order valence-corrected chi connectivity index (χ2v) is 11.0. The van der Waals surface area contributed by atoms with E-state index in [1.54, 1.807) is 0 Å². The highest BCUT2D eigenvalue weighted by Crippen LogP contribution is 2.43. The van der Waals surface area contributed by atoms with Gasteiger partial charge in [0.25, 0.3) is 0 Å². The number of rotatable bonds is 5.